The maximum atomic E-state index is 13.3. The zero-order valence-corrected chi connectivity index (χ0v) is 22.7. The SMILES string of the molecule is CO[C@@H](C)C(=O)N1CCN(c2ccc(NC(=O)c3c(Nc4cnc5c(c4C)NCCO5)cc[nH]c3=O)cc2)CC1. The van der Waals surface area contributed by atoms with Gasteiger partial charge in [-0.1, -0.05) is 0 Å². The molecule has 2 amide bonds. The Morgan fingerprint density at radius 2 is 1.85 bits per heavy atom. The van der Waals surface area contributed by atoms with E-state index >= 15 is 0 Å². The van der Waals surface area contributed by atoms with Crippen LogP contribution >= 0.6 is 0 Å². The number of nitrogens with one attached hydrogen (secondary N) is 4. The highest BCUT2D eigenvalue weighted by molar-refractivity contribution is 6.08. The Morgan fingerprint density at radius 3 is 2.58 bits per heavy atom. The summed E-state index contributed by atoms with van der Waals surface area (Å²) in [6, 6.07) is 9.06. The number of pyridine rings is 2. The third-order valence-electron chi connectivity index (χ3n) is 7.19. The number of carbonyl (C=O) groups excluding carboxylic acids is 2. The molecule has 0 radical (unpaired) electrons. The van der Waals surface area contributed by atoms with Gasteiger partial charge in [0.1, 0.15) is 24.0 Å². The summed E-state index contributed by atoms with van der Waals surface area (Å²) in [7, 11) is 1.53. The number of aromatic nitrogens is 2. The van der Waals surface area contributed by atoms with E-state index in [1.165, 1.54) is 13.3 Å². The lowest BCUT2D eigenvalue weighted by Gasteiger charge is -2.37. The molecule has 40 heavy (non-hydrogen) atoms. The maximum absolute atomic E-state index is 13.3. The molecule has 0 unspecified atom stereocenters. The fourth-order valence-corrected chi connectivity index (χ4v) is 4.79. The highest BCUT2D eigenvalue weighted by Crippen LogP contribution is 2.34. The van der Waals surface area contributed by atoms with Crippen molar-refractivity contribution in [3.05, 3.63) is 64.2 Å². The van der Waals surface area contributed by atoms with Crippen LogP contribution in [0.3, 0.4) is 0 Å². The smallest absolute Gasteiger partial charge is 0.263 e. The predicted octanol–water partition coefficient (Wildman–Crippen LogP) is 2.56. The Balaban J connectivity index is 1.26. The van der Waals surface area contributed by atoms with Gasteiger partial charge in [0, 0.05) is 63.0 Å². The third kappa shape index (κ3) is 5.57. The zero-order valence-electron chi connectivity index (χ0n) is 22.7. The predicted molar refractivity (Wildman–Crippen MR) is 153 cm³/mol. The quantitative estimate of drug-likeness (QED) is 0.351. The number of fused-ring (bicyclic) bond motifs is 1. The summed E-state index contributed by atoms with van der Waals surface area (Å²) >= 11 is 0. The number of nitrogens with zero attached hydrogens (tertiary/aromatic N) is 3. The van der Waals surface area contributed by atoms with E-state index in [-0.39, 0.29) is 11.5 Å². The Kier molecular flexibility index (Phi) is 7.87. The highest BCUT2D eigenvalue weighted by Gasteiger charge is 2.25. The number of H-pyrrole nitrogens is 1. The van der Waals surface area contributed by atoms with Crippen molar-refractivity contribution in [3.63, 3.8) is 0 Å². The lowest BCUT2D eigenvalue weighted by Crippen LogP contribution is -2.51. The molecule has 0 aliphatic carbocycles. The molecule has 4 N–H and O–H groups in total. The molecule has 1 saturated heterocycles. The fourth-order valence-electron chi connectivity index (χ4n) is 4.79. The van der Waals surface area contributed by atoms with Crippen LogP contribution in [0.15, 0.2) is 47.5 Å². The largest absolute Gasteiger partial charge is 0.474 e. The summed E-state index contributed by atoms with van der Waals surface area (Å²) in [5, 5.41) is 9.30. The molecule has 4 heterocycles. The van der Waals surface area contributed by atoms with Crippen molar-refractivity contribution in [1.82, 2.24) is 14.9 Å². The van der Waals surface area contributed by atoms with Crippen LogP contribution in [-0.2, 0) is 9.53 Å². The summed E-state index contributed by atoms with van der Waals surface area (Å²) in [6.07, 6.45) is 2.66. The minimum absolute atomic E-state index is 0.00583. The molecule has 210 valence electrons. The first-order valence-corrected chi connectivity index (χ1v) is 13.2. The van der Waals surface area contributed by atoms with Crippen LogP contribution in [0.1, 0.15) is 22.8 Å². The minimum atomic E-state index is -0.540. The standard InChI is InChI=1S/C28H33N7O5/c1-17-22(16-31-27-24(17)29-10-15-40-27)33-21-8-9-30-25(36)23(21)26(37)32-19-4-6-20(7-5-19)34-11-13-35(14-12-34)28(38)18(2)39-3/h4-9,16,18,29H,10-15H2,1-3H3,(H,32,37)(H2,30,33,36)/t18-/m0/s1. The van der Waals surface area contributed by atoms with Gasteiger partial charge in [0.2, 0.25) is 5.88 Å². The Hall–Kier alpha value is -4.58. The number of methoxy groups -OCH3 is 1. The first-order valence-electron chi connectivity index (χ1n) is 13.2. The monoisotopic (exact) mass is 547 g/mol. The van der Waals surface area contributed by atoms with Crippen molar-refractivity contribution in [2.24, 2.45) is 0 Å². The lowest BCUT2D eigenvalue weighted by molar-refractivity contribution is -0.141. The number of hydrogen-bond donors (Lipinski definition) is 4. The molecule has 1 fully saturated rings. The number of ether oxygens (including phenoxy) is 2. The van der Waals surface area contributed by atoms with E-state index in [0.717, 1.165) is 16.9 Å². The minimum Gasteiger partial charge on any atom is -0.474 e. The van der Waals surface area contributed by atoms with E-state index in [4.69, 9.17) is 9.47 Å². The first-order chi connectivity index (χ1) is 19.4. The molecule has 5 rings (SSSR count). The molecule has 2 aromatic heterocycles. The molecule has 0 bridgehead atoms. The van der Waals surface area contributed by atoms with Gasteiger partial charge in [-0.2, -0.15) is 0 Å². The van der Waals surface area contributed by atoms with E-state index in [2.05, 4.69) is 30.8 Å². The lowest BCUT2D eigenvalue weighted by atomic mass is 10.1. The van der Waals surface area contributed by atoms with Crippen LogP contribution in [0.5, 0.6) is 5.88 Å². The molecule has 0 spiro atoms. The van der Waals surface area contributed by atoms with E-state index in [9.17, 15) is 14.4 Å². The van der Waals surface area contributed by atoms with Gasteiger partial charge in [0.15, 0.2) is 0 Å². The third-order valence-corrected chi connectivity index (χ3v) is 7.19. The second kappa shape index (κ2) is 11.7. The molecule has 1 aromatic carbocycles. The highest BCUT2D eigenvalue weighted by atomic mass is 16.5. The molecule has 2 aliphatic heterocycles. The average molecular weight is 548 g/mol. The van der Waals surface area contributed by atoms with Crippen molar-refractivity contribution in [1.29, 1.82) is 0 Å². The summed E-state index contributed by atoms with van der Waals surface area (Å²) in [6.45, 7) is 7.49. The number of aromatic amines is 1. The fraction of sp³-hybridized carbons (Fsp3) is 0.357. The van der Waals surface area contributed by atoms with Crippen LogP contribution < -0.4 is 31.1 Å². The number of hydrogen-bond acceptors (Lipinski definition) is 9. The van der Waals surface area contributed by atoms with Gasteiger partial charge in [-0.3, -0.25) is 14.4 Å². The van der Waals surface area contributed by atoms with Gasteiger partial charge in [-0.15, -0.1) is 0 Å². The van der Waals surface area contributed by atoms with E-state index in [1.807, 2.05) is 24.0 Å². The van der Waals surface area contributed by atoms with E-state index in [0.29, 0.717) is 62.3 Å². The first kappa shape index (κ1) is 27.0. The van der Waals surface area contributed by atoms with Crippen molar-refractivity contribution in [2.45, 2.75) is 20.0 Å². The Bertz CT molecular complexity index is 1450. The number of piperazine rings is 1. The Morgan fingerprint density at radius 1 is 1.10 bits per heavy atom. The second-order valence-corrected chi connectivity index (χ2v) is 9.66. The van der Waals surface area contributed by atoms with Gasteiger partial charge in [-0.05, 0) is 44.2 Å². The number of amides is 2. The molecular formula is C28H33N7O5. The number of carbonyl (C=O) groups is 2. The number of rotatable bonds is 7. The van der Waals surface area contributed by atoms with Crippen LogP contribution in [0.25, 0.3) is 0 Å². The second-order valence-electron chi connectivity index (χ2n) is 9.66. The van der Waals surface area contributed by atoms with E-state index < -0.39 is 17.6 Å². The van der Waals surface area contributed by atoms with Crippen LogP contribution in [0.4, 0.5) is 28.4 Å². The zero-order chi connectivity index (χ0) is 28.2. The molecule has 12 heteroatoms. The Labute approximate surface area is 231 Å². The summed E-state index contributed by atoms with van der Waals surface area (Å²) < 4.78 is 10.7. The topological polar surface area (TPSA) is 141 Å². The van der Waals surface area contributed by atoms with Gasteiger partial charge >= 0.3 is 0 Å². The molecule has 0 saturated carbocycles. The molecular weight excluding hydrogens is 514 g/mol. The van der Waals surface area contributed by atoms with Crippen molar-refractivity contribution in [2.75, 3.05) is 67.3 Å². The number of benzene rings is 1. The summed E-state index contributed by atoms with van der Waals surface area (Å²) in [5.41, 5.74) is 3.64. The van der Waals surface area contributed by atoms with Gasteiger partial charge in [0.05, 0.1) is 17.6 Å². The van der Waals surface area contributed by atoms with Crippen LogP contribution in [0.2, 0.25) is 0 Å². The normalized spacial score (nSPS) is 15.4. The van der Waals surface area contributed by atoms with Crippen molar-refractivity contribution >= 4 is 40.3 Å². The molecule has 2 aliphatic rings. The molecule has 12 nitrogen and oxygen atoms in total. The van der Waals surface area contributed by atoms with E-state index in [1.54, 1.807) is 31.3 Å². The average Bonchev–Trinajstić information content (AvgIpc) is 2.98. The maximum Gasteiger partial charge on any atom is 0.263 e. The molecule has 1 atom stereocenters. The van der Waals surface area contributed by atoms with Gasteiger partial charge in [0.25, 0.3) is 17.4 Å². The summed E-state index contributed by atoms with van der Waals surface area (Å²) in [4.78, 5) is 49.3. The van der Waals surface area contributed by atoms with Crippen LogP contribution in [0, 0.1) is 6.92 Å². The van der Waals surface area contributed by atoms with Gasteiger partial charge in [-0.25, -0.2) is 4.98 Å². The van der Waals surface area contributed by atoms with Crippen LogP contribution in [-0.4, -0.2) is 79.2 Å². The van der Waals surface area contributed by atoms with Gasteiger partial charge < -0.3 is 40.2 Å². The van der Waals surface area contributed by atoms with Crippen molar-refractivity contribution in [3.8, 4) is 5.88 Å². The van der Waals surface area contributed by atoms with Crippen molar-refractivity contribution < 1.29 is 19.1 Å². The summed E-state index contributed by atoms with van der Waals surface area (Å²) in [5.74, 6) is -0.0205. The molecule has 3 aromatic rings. The number of anilines is 5.